The van der Waals surface area contributed by atoms with E-state index < -0.39 is 11.9 Å². The lowest BCUT2D eigenvalue weighted by molar-refractivity contribution is -0.181. The van der Waals surface area contributed by atoms with E-state index >= 15 is 0 Å². The lowest BCUT2D eigenvalue weighted by atomic mass is 9.90. The fourth-order valence-electron chi connectivity index (χ4n) is 6.49. The van der Waals surface area contributed by atoms with E-state index in [9.17, 15) is 4.79 Å². The maximum atomic E-state index is 12.0. The highest BCUT2D eigenvalue weighted by molar-refractivity contribution is 5.89. The number of carbonyl (C=O) groups excluding carboxylic acids is 1. The standard InChI is InChI=1S/C29H36N6O6/c36-12-1-13-38-28(37)31-20-4-2-19(3-5-20)25-32-26(34-17-22-6-7-23(18-34)41-22)24-16-30-35(27(24)33-25)21-8-10-29(11-9-21)39-14-15-40-29/h2-5,16,21-23,36H,1,6-15,17-18H2,(H,31,37). The van der Waals surface area contributed by atoms with Gasteiger partial charge in [0.05, 0.1) is 49.7 Å². The summed E-state index contributed by atoms with van der Waals surface area (Å²) in [5.74, 6) is 1.07. The first-order chi connectivity index (χ1) is 20.1. The first-order valence-corrected chi connectivity index (χ1v) is 14.7. The minimum Gasteiger partial charge on any atom is -0.449 e. The zero-order valence-corrected chi connectivity index (χ0v) is 23.0. The van der Waals surface area contributed by atoms with E-state index in [1.807, 2.05) is 30.5 Å². The molecule has 4 fully saturated rings. The largest absolute Gasteiger partial charge is 0.449 e. The lowest BCUT2D eigenvalue weighted by Gasteiger charge is -2.35. The van der Waals surface area contributed by atoms with E-state index in [0.29, 0.717) is 31.1 Å². The second kappa shape index (κ2) is 11.2. The summed E-state index contributed by atoms with van der Waals surface area (Å²) in [5.41, 5.74) is 2.27. The van der Waals surface area contributed by atoms with Crippen LogP contribution in [0.4, 0.5) is 16.3 Å². The van der Waals surface area contributed by atoms with Crippen LogP contribution in [-0.2, 0) is 18.9 Å². The fourth-order valence-corrected chi connectivity index (χ4v) is 6.49. The number of aliphatic hydroxyl groups excluding tert-OH is 1. The fraction of sp³-hybridized carbons (Fsp3) is 0.586. The summed E-state index contributed by atoms with van der Waals surface area (Å²) in [4.78, 5) is 24.5. The molecule has 2 bridgehead atoms. The Kier molecular flexibility index (Phi) is 7.23. The third kappa shape index (κ3) is 5.36. The number of aliphatic hydroxyl groups is 1. The Morgan fingerprint density at radius 1 is 1.05 bits per heavy atom. The maximum absolute atomic E-state index is 12.0. The summed E-state index contributed by atoms with van der Waals surface area (Å²) in [7, 11) is 0. The van der Waals surface area contributed by atoms with Gasteiger partial charge in [-0.1, -0.05) is 0 Å². The van der Waals surface area contributed by atoms with Gasteiger partial charge in [0.25, 0.3) is 0 Å². The quantitative estimate of drug-likeness (QED) is 0.410. The summed E-state index contributed by atoms with van der Waals surface area (Å²) in [6.07, 6.45) is 7.85. The van der Waals surface area contributed by atoms with Crippen molar-refractivity contribution in [3.63, 3.8) is 0 Å². The molecule has 1 amide bonds. The number of hydrogen-bond acceptors (Lipinski definition) is 10. The Labute approximate surface area is 237 Å². The van der Waals surface area contributed by atoms with Gasteiger partial charge in [-0.05, 0) is 49.9 Å². The van der Waals surface area contributed by atoms with Crippen molar-refractivity contribution in [3.05, 3.63) is 30.5 Å². The molecular formula is C29H36N6O6. The number of morpholine rings is 1. The number of benzene rings is 1. The zero-order chi connectivity index (χ0) is 27.8. The Hall–Kier alpha value is -3.32. The van der Waals surface area contributed by atoms with Gasteiger partial charge in [-0.3, -0.25) is 5.32 Å². The number of fused-ring (bicyclic) bond motifs is 3. The van der Waals surface area contributed by atoms with Crippen LogP contribution < -0.4 is 10.2 Å². The number of nitrogens with zero attached hydrogens (tertiary/aromatic N) is 5. The van der Waals surface area contributed by atoms with Gasteiger partial charge in [-0.2, -0.15) is 5.10 Å². The number of hydrogen-bond donors (Lipinski definition) is 2. The van der Waals surface area contributed by atoms with Crippen LogP contribution in [0.25, 0.3) is 22.4 Å². The number of carbonyl (C=O) groups is 1. The van der Waals surface area contributed by atoms with E-state index in [1.54, 1.807) is 0 Å². The Bertz CT molecular complexity index is 1370. The molecule has 1 aromatic carbocycles. The van der Waals surface area contributed by atoms with Crippen molar-refractivity contribution in [3.8, 4) is 11.4 Å². The molecule has 5 heterocycles. The van der Waals surface area contributed by atoms with Crippen molar-refractivity contribution in [1.29, 1.82) is 0 Å². The van der Waals surface area contributed by atoms with Gasteiger partial charge >= 0.3 is 6.09 Å². The molecule has 3 aromatic rings. The van der Waals surface area contributed by atoms with Gasteiger partial charge in [0, 0.05) is 50.2 Å². The highest BCUT2D eigenvalue weighted by Gasteiger charge is 2.41. The van der Waals surface area contributed by atoms with Crippen molar-refractivity contribution >= 4 is 28.6 Å². The highest BCUT2D eigenvalue weighted by Crippen LogP contribution is 2.42. The average molecular weight is 565 g/mol. The third-order valence-corrected chi connectivity index (χ3v) is 8.58. The molecule has 0 radical (unpaired) electrons. The first kappa shape index (κ1) is 26.6. The second-order valence-electron chi connectivity index (χ2n) is 11.3. The summed E-state index contributed by atoms with van der Waals surface area (Å²) in [5, 5.41) is 17.4. The predicted molar refractivity (Wildman–Crippen MR) is 150 cm³/mol. The summed E-state index contributed by atoms with van der Waals surface area (Å²) in [6.45, 7) is 3.07. The average Bonchev–Trinajstić information content (AvgIpc) is 3.72. The molecule has 1 spiro atoms. The minimum atomic E-state index is -0.556. The van der Waals surface area contributed by atoms with Crippen LogP contribution in [0.15, 0.2) is 30.5 Å². The first-order valence-electron chi connectivity index (χ1n) is 14.7. The van der Waals surface area contributed by atoms with Gasteiger partial charge in [0.1, 0.15) is 5.82 Å². The molecule has 12 nitrogen and oxygen atoms in total. The molecule has 2 atom stereocenters. The number of ether oxygens (including phenoxy) is 4. The topological polar surface area (TPSA) is 133 Å². The minimum absolute atomic E-state index is 0.0245. The zero-order valence-electron chi connectivity index (χ0n) is 23.0. The van der Waals surface area contributed by atoms with E-state index in [1.165, 1.54) is 0 Å². The van der Waals surface area contributed by atoms with Gasteiger partial charge in [0.2, 0.25) is 0 Å². The van der Waals surface area contributed by atoms with Crippen LogP contribution in [-0.4, -0.2) is 88.5 Å². The Morgan fingerprint density at radius 2 is 1.78 bits per heavy atom. The molecule has 41 heavy (non-hydrogen) atoms. The maximum Gasteiger partial charge on any atom is 0.411 e. The van der Waals surface area contributed by atoms with E-state index in [0.717, 1.165) is 74.0 Å². The monoisotopic (exact) mass is 564 g/mol. The molecule has 2 N–H and O–H groups in total. The van der Waals surface area contributed by atoms with E-state index in [4.69, 9.17) is 39.1 Å². The van der Waals surface area contributed by atoms with Gasteiger partial charge in [-0.15, -0.1) is 0 Å². The molecular weight excluding hydrogens is 528 g/mol. The van der Waals surface area contributed by atoms with Gasteiger partial charge in [0.15, 0.2) is 17.3 Å². The van der Waals surface area contributed by atoms with Crippen molar-refractivity contribution < 1.29 is 28.8 Å². The molecule has 1 saturated carbocycles. The molecule has 1 aliphatic carbocycles. The van der Waals surface area contributed by atoms with Crippen molar-refractivity contribution in [2.45, 2.75) is 69.0 Å². The SMILES string of the molecule is O=C(Nc1ccc(-c2nc(N3CC4CCC(C3)O4)c3cnn(C4CCC5(CC4)OCCO5)c3n2)cc1)OCCCO. The number of anilines is 2. The summed E-state index contributed by atoms with van der Waals surface area (Å²) >= 11 is 0. The smallest absolute Gasteiger partial charge is 0.411 e. The van der Waals surface area contributed by atoms with Crippen LogP contribution >= 0.6 is 0 Å². The van der Waals surface area contributed by atoms with Crippen molar-refractivity contribution in [1.82, 2.24) is 19.7 Å². The molecule has 4 aliphatic rings. The predicted octanol–water partition coefficient (Wildman–Crippen LogP) is 3.65. The van der Waals surface area contributed by atoms with Crippen LogP contribution in [0.5, 0.6) is 0 Å². The van der Waals surface area contributed by atoms with Crippen LogP contribution in [0, 0.1) is 0 Å². The highest BCUT2D eigenvalue weighted by atomic mass is 16.7. The Balaban J connectivity index is 1.19. The summed E-state index contributed by atoms with van der Waals surface area (Å²) < 4.78 is 25.2. The number of rotatable bonds is 7. The molecule has 7 rings (SSSR count). The number of amides is 1. The number of nitrogens with one attached hydrogen (secondary N) is 1. The van der Waals surface area contributed by atoms with Crippen LogP contribution in [0.2, 0.25) is 0 Å². The normalized spacial score (nSPS) is 23.9. The summed E-state index contributed by atoms with van der Waals surface area (Å²) in [6, 6.07) is 7.62. The van der Waals surface area contributed by atoms with Crippen molar-refractivity contribution in [2.24, 2.45) is 0 Å². The third-order valence-electron chi connectivity index (χ3n) is 8.58. The molecule has 12 heteroatoms. The van der Waals surface area contributed by atoms with E-state index in [2.05, 4.69) is 14.9 Å². The lowest BCUT2D eigenvalue weighted by Crippen LogP contribution is -2.43. The molecule has 2 unspecified atom stereocenters. The second-order valence-corrected chi connectivity index (χ2v) is 11.3. The molecule has 3 aliphatic heterocycles. The van der Waals surface area contributed by atoms with Gasteiger partial charge < -0.3 is 29.0 Å². The van der Waals surface area contributed by atoms with Crippen LogP contribution in [0.3, 0.4) is 0 Å². The molecule has 3 saturated heterocycles. The van der Waals surface area contributed by atoms with Crippen molar-refractivity contribution in [2.75, 3.05) is 49.7 Å². The van der Waals surface area contributed by atoms with Gasteiger partial charge in [-0.25, -0.2) is 19.4 Å². The van der Waals surface area contributed by atoms with E-state index in [-0.39, 0.29) is 31.5 Å². The molecule has 218 valence electrons. The molecule has 2 aromatic heterocycles. The van der Waals surface area contributed by atoms with Crippen LogP contribution in [0.1, 0.15) is 51.0 Å². The Morgan fingerprint density at radius 3 is 2.49 bits per heavy atom. The number of aromatic nitrogens is 4.